The Morgan fingerprint density at radius 1 is 1.35 bits per heavy atom. The van der Waals surface area contributed by atoms with Crippen LogP contribution in [0.3, 0.4) is 0 Å². The summed E-state index contributed by atoms with van der Waals surface area (Å²) in [5, 5.41) is 2.70. The molecule has 1 aromatic rings. The van der Waals surface area contributed by atoms with Gasteiger partial charge in [0.15, 0.2) is 0 Å². The minimum Gasteiger partial charge on any atom is -0.459 e. The van der Waals surface area contributed by atoms with Crippen molar-refractivity contribution in [3.05, 3.63) is 30.1 Å². The molecule has 0 saturated heterocycles. The van der Waals surface area contributed by atoms with Gasteiger partial charge in [-0.15, -0.1) is 0 Å². The fraction of sp³-hybridized carbons (Fsp3) is 0.533. The summed E-state index contributed by atoms with van der Waals surface area (Å²) in [4.78, 5) is 27.4. The third-order valence-electron chi connectivity index (χ3n) is 3.82. The van der Waals surface area contributed by atoms with Crippen LogP contribution < -0.4 is 5.32 Å². The zero-order valence-electron chi connectivity index (χ0n) is 11.7. The highest BCUT2D eigenvalue weighted by molar-refractivity contribution is 6.32. The van der Waals surface area contributed by atoms with Gasteiger partial charge in [-0.3, -0.25) is 9.78 Å². The number of ether oxygens (including phenoxy) is 1. The fourth-order valence-corrected chi connectivity index (χ4v) is 2.77. The normalized spacial score (nSPS) is 16.6. The van der Waals surface area contributed by atoms with Gasteiger partial charge >= 0.3 is 11.9 Å². The maximum absolute atomic E-state index is 11.7. The van der Waals surface area contributed by atoms with Crippen molar-refractivity contribution in [1.29, 1.82) is 0 Å². The van der Waals surface area contributed by atoms with Gasteiger partial charge in [0.05, 0.1) is 6.61 Å². The topological polar surface area (TPSA) is 68.3 Å². The van der Waals surface area contributed by atoms with Crippen LogP contribution in [-0.2, 0) is 19.7 Å². The van der Waals surface area contributed by atoms with Crippen molar-refractivity contribution in [2.75, 3.05) is 13.2 Å². The number of hydrogen-bond acceptors (Lipinski definition) is 4. The molecule has 108 valence electrons. The number of carbonyl (C=O) groups excluding carboxylic acids is 2. The molecule has 1 fully saturated rings. The van der Waals surface area contributed by atoms with Crippen LogP contribution in [0.2, 0.25) is 0 Å². The van der Waals surface area contributed by atoms with E-state index in [4.69, 9.17) is 4.74 Å². The standard InChI is InChI=1S/C15H20N2O3/c1-2-20-14(19)13(18)17-11-15(8-4-5-9-15)12-7-3-6-10-16-12/h3,6-7,10H,2,4-5,8-9,11H2,1H3,(H,17,18). The molecule has 0 bridgehead atoms. The predicted octanol–water partition coefficient (Wildman–Crippen LogP) is 1.57. The second-order valence-corrected chi connectivity index (χ2v) is 5.11. The van der Waals surface area contributed by atoms with Crippen LogP contribution in [0.15, 0.2) is 24.4 Å². The van der Waals surface area contributed by atoms with Crippen LogP contribution in [0.25, 0.3) is 0 Å². The molecule has 1 aliphatic carbocycles. The molecule has 5 nitrogen and oxygen atoms in total. The minimum atomic E-state index is -0.818. The Hall–Kier alpha value is -1.91. The van der Waals surface area contributed by atoms with Gasteiger partial charge in [0.25, 0.3) is 0 Å². The number of esters is 1. The smallest absolute Gasteiger partial charge is 0.396 e. The van der Waals surface area contributed by atoms with E-state index in [-0.39, 0.29) is 12.0 Å². The molecule has 1 heterocycles. The quantitative estimate of drug-likeness (QED) is 0.669. The van der Waals surface area contributed by atoms with Crippen molar-refractivity contribution < 1.29 is 14.3 Å². The van der Waals surface area contributed by atoms with Gasteiger partial charge in [0, 0.05) is 23.9 Å². The monoisotopic (exact) mass is 276 g/mol. The molecular weight excluding hydrogens is 256 g/mol. The van der Waals surface area contributed by atoms with Crippen LogP contribution in [-0.4, -0.2) is 30.0 Å². The first-order chi connectivity index (χ1) is 9.68. The van der Waals surface area contributed by atoms with E-state index >= 15 is 0 Å². The summed E-state index contributed by atoms with van der Waals surface area (Å²) in [6, 6.07) is 5.82. The maximum atomic E-state index is 11.7. The van der Waals surface area contributed by atoms with Gasteiger partial charge in [-0.2, -0.15) is 0 Å². The van der Waals surface area contributed by atoms with Gasteiger partial charge in [0.1, 0.15) is 0 Å². The second-order valence-electron chi connectivity index (χ2n) is 5.11. The summed E-state index contributed by atoms with van der Waals surface area (Å²) in [6.07, 6.45) is 5.96. The van der Waals surface area contributed by atoms with E-state index in [0.29, 0.717) is 6.54 Å². The third kappa shape index (κ3) is 3.15. The zero-order valence-corrected chi connectivity index (χ0v) is 11.7. The average molecular weight is 276 g/mol. The largest absolute Gasteiger partial charge is 0.459 e. The summed E-state index contributed by atoms with van der Waals surface area (Å²) < 4.78 is 4.69. The van der Waals surface area contributed by atoms with E-state index in [0.717, 1.165) is 31.4 Å². The number of rotatable bonds is 4. The van der Waals surface area contributed by atoms with E-state index in [9.17, 15) is 9.59 Å². The van der Waals surface area contributed by atoms with Crippen LogP contribution in [0.1, 0.15) is 38.3 Å². The first-order valence-corrected chi connectivity index (χ1v) is 7.04. The molecule has 1 saturated carbocycles. The summed E-state index contributed by atoms with van der Waals surface area (Å²) >= 11 is 0. The molecule has 0 aliphatic heterocycles. The van der Waals surface area contributed by atoms with E-state index in [1.165, 1.54) is 0 Å². The Morgan fingerprint density at radius 2 is 2.10 bits per heavy atom. The number of nitrogens with zero attached hydrogens (tertiary/aromatic N) is 1. The Bertz CT molecular complexity index is 467. The van der Waals surface area contributed by atoms with Crippen molar-refractivity contribution >= 4 is 11.9 Å². The van der Waals surface area contributed by atoms with Crippen molar-refractivity contribution in [1.82, 2.24) is 10.3 Å². The van der Waals surface area contributed by atoms with Crippen LogP contribution >= 0.6 is 0 Å². The third-order valence-corrected chi connectivity index (χ3v) is 3.82. The van der Waals surface area contributed by atoms with Crippen molar-refractivity contribution in [2.45, 2.75) is 38.0 Å². The molecule has 0 spiro atoms. The molecule has 20 heavy (non-hydrogen) atoms. The molecule has 2 rings (SSSR count). The first kappa shape index (κ1) is 14.5. The fourth-order valence-electron chi connectivity index (χ4n) is 2.77. The lowest BCUT2D eigenvalue weighted by Crippen LogP contribution is -2.42. The maximum Gasteiger partial charge on any atom is 0.396 e. The summed E-state index contributed by atoms with van der Waals surface area (Å²) in [6.45, 7) is 2.32. The molecular formula is C15H20N2O3. The molecule has 1 aliphatic rings. The Kier molecular flexibility index (Phi) is 4.71. The predicted molar refractivity (Wildman–Crippen MR) is 74.0 cm³/mol. The summed E-state index contributed by atoms with van der Waals surface area (Å²) in [5.74, 6) is -1.49. The van der Waals surface area contributed by atoms with E-state index in [1.807, 2.05) is 18.2 Å². The molecule has 5 heteroatoms. The van der Waals surface area contributed by atoms with E-state index < -0.39 is 11.9 Å². The van der Waals surface area contributed by atoms with Crippen LogP contribution in [0.5, 0.6) is 0 Å². The minimum absolute atomic E-state index is 0.149. The van der Waals surface area contributed by atoms with Gasteiger partial charge in [-0.1, -0.05) is 18.9 Å². The number of carbonyl (C=O) groups is 2. The number of hydrogen-bond donors (Lipinski definition) is 1. The lowest BCUT2D eigenvalue weighted by atomic mass is 9.82. The van der Waals surface area contributed by atoms with Crippen molar-refractivity contribution in [3.63, 3.8) is 0 Å². The highest BCUT2D eigenvalue weighted by Gasteiger charge is 2.37. The number of amides is 1. The van der Waals surface area contributed by atoms with Gasteiger partial charge in [0.2, 0.25) is 0 Å². The molecule has 1 aromatic heterocycles. The number of nitrogens with one attached hydrogen (secondary N) is 1. The van der Waals surface area contributed by atoms with E-state index in [1.54, 1.807) is 13.1 Å². The molecule has 0 radical (unpaired) electrons. The van der Waals surface area contributed by atoms with Crippen molar-refractivity contribution in [3.8, 4) is 0 Å². The zero-order chi connectivity index (χ0) is 14.4. The Labute approximate surface area is 118 Å². The second kappa shape index (κ2) is 6.50. The van der Waals surface area contributed by atoms with Crippen LogP contribution in [0, 0.1) is 0 Å². The van der Waals surface area contributed by atoms with Crippen molar-refractivity contribution in [2.24, 2.45) is 0 Å². The number of pyridine rings is 1. The molecule has 0 atom stereocenters. The van der Waals surface area contributed by atoms with Crippen LogP contribution in [0.4, 0.5) is 0 Å². The summed E-state index contributed by atoms with van der Waals surface area (Å²) in [7, 11) is 0. The highest BCUT2D eigenvalue weighted by atomic mass is 16.5. The molecule has 1 amide bonds. The SMILES string of the molecule is CCOC(=O)C(=O)NCC1(c2ccccn2)CCCC1. The van der Waals surface area contributed by atoms with Gasteiger partial charge in [-0.25, -0.2) is 4.79 Å². The summed E-state index contributed by atoms with van der Waals surface area (Å²) in [5.41, 5.74) is 0.838. The van der Waals surface area contributed by atoms with Gasteiger partial charge in [-0.05, 0) is 31.9 Å². The average Bonchev–Trinajstić information content (AvgIpc) is 2.96. The molecule has 0 unspecified atom stereocenters. The van der Waals surface area contributed by atoms with E-state index in [2.05, 4.69) is 10.3 Å². The number of aromatic nitrogens is 1. The highest BCUT2D eigenvalue weighted by Crippen LogP contribution is 2.39. The lowest BCUT2D eigenvalue weighted by molar-refractivity contribution is -0.154. The first-order valence-electron chi connectivity index (χ1n) is 7.04. The Morgan fingerprint density at radius 3 is 2.70 bits per heavy atom. The molecule has 1 N–H and O–H groups in total. The van der Waals surface area contributed by atoms with Gasteiger partial charge < -0.3 is 10.1 Å². The molecule has 0 aromatic carbocycles. The lowest BCUT2D eigenvalue weighted by Gasteiger charge is -2.28. The Balaban J connectivity index is 2.04.